The molecule has 0 radical (unpaired) electrons. The lowest BCUT2D eigenvalue weighted by molar-refractivity contribution is 0.150. The summed E-state index contributed by atoms with van der Waals surface area (Å²) in [5, 5.41) is 11.0. The molecule has 24 heavy (non-hydrogen) atoms. The predicted molar refractivity (Wildman–Crippen MR) is 94.5 cm³/mol. The monoisotopic (exact) mass is 342 g/mol. The summed E-state index contributed by atoms with van der Waals surface area (Å²) >= 11 is 6.31. The molecule has 124 valence electrons. The van der Waals surface area contributed by atoms with Gasteiger partial charge in [0.15, 0.2) is 0 Å². The third-order valence-electron chi connectivity index (χ3n) is 4.39. The minimum atomic E-state index is -0.501. The van der Waals surface area contributed by atoms with Crippen molar-refractivity contribution in [3.05, 3.63) is 53.4 Å². The van der Waals surface area contributed by atoms with E-state index in [1.54, 1.807) is 0 Å². The lowest BCUT2D eigenvalue weighted by Crippen LogP contribution is -1.99. The van der Waals surface area contributed by atoms with Crippen molar-refractivity contribution in [3.8, 4) is 16.9 Å². The molecule has 0 amide bonds. The molecular formula is C19H19ClN2O2. The number of ether oxygens (including phenoxy) is 1. The van der Waals surface area contributed by atoms with E-state index in [2.05, 4.69) is 0 Å². The number of aliphatic hydroxyl groups excluding tert-OH is 1. The molecule has 1 aliphatic carbocycles. The topological polar surface area (TPSA) is 46.8 Å². The minimum absolute atomic E-state index is 0.338. The summed E-state index contributed by atoms with van der Waals surface area (Å²) in [6, 6.07) is 9.76. The largest absolute Gasteiger partial charge is 0.493 e. The van der Waals surface area contributed by atoms with E-state index in [0.717, 1.165) is 35.4 Å². The van der Waals surface area contributed by atoms with E-state index in [1.165, 1.54) is 0 Å². The number of hydrogen-bond acceptors (Lipinski definition) is 3. The number of fused-ring (bicyclic) bond motifs is 1. The van der Waals surface area contributed by atoms with Crippen molar-refractivity contribution in [3.63, 3.8) is 0 Å². The quantitative estimate of drug-likeness (QED) is 0.742. The lowest BCUT2D eigenvalue weighted by atomic mass is 10.1. The highest BCUT2D eigenvalue weighted by Gasteiger charge is 2.32. The second-order valence-corrected chi connectivity index (χ2v) is 6.62. The molecule has 0 bridgehead atoms. The highest BCUT2D eigenvalue weighted by molar-refractivity contribution is 6.31. The average Bonchev–Trinajstić information content (AvgIpc) is 3.34. The van der Waals surface area contributed by atoms with Crippen LogP contribution < -0.4 is 4.74 Å². The number of nitrogens with zero attached hydrogens (tertiary/aromatic N) is 2. The van der Waals surface area contributed by atoms with Crippen LogP contribution in [-0.2, 0) is 0 Å². The van der Waals surface area contributed by atoms with E-state index in [-0.39, 0.29) is 0 Å². The van der Waals surface area contributed by atoms with Crippen LogP contribution in [0.4, 0.5) is 0 Å². The van der Waals surface area contributed by atoms with Crippen LogP contribution in [0, 0.1) is 5.92 Å². The first kappa shape index (κ1) is 15.5. The van der Waals surface area contributed by atoms with Crippen molar-refractivity contribution in [2.24, 2.45) is 5.92 Å². The summed E-state index contributed by atoms with van der Waals surface area (Å²) < 4.78 is 7.64. The van der Waals surface area contributed by atoms with Crippen LogP contribution in [0.3, 0.4) is 0 Å². The molecule has 1 aliphatic rings. The Balaban J connectivity index is 1.88. The Morgan fingerprint density at radius 1 is 1.29 bits per heavy atom. The van der Waals surface area contributed by atoms with Crippen molar-refractivity contribution < 1.29 is 9.84 Å². The average molecular weight is 343 g/mol. The van der Waals surface area contributed by atoms with Gasteiger partial charge in [0.1, 0.15) is 17.5 Å². The summed E-state index contributed by atoms with van der Waals surface area (Å²) in [4.78, 5) is 4.69. The van der Waals surface area contributed by atoms with E-state index in [0.29, 0.717) is 23.2 Å². The van der Waals surface area contributed by atoms with Crippen LogP contribution in [-0.4, -0.2) is 21.1 Å². The van der Waals surface area contributed by atoms with Crippen molar-refractivity contribution in [1.82, 2.24) is 9.38 Å². The van der Waals surface area contributed by atoms with Crippen LogP contribution in [0.15, 0.2) is 42.7 Å². The van der Waals surface area contributed by atoms with Gasteiger partial charge in [0.25, 0.3) is 0 Å². The maximum absolute atomic E-state index is 10.4. The number of hydrogen-bond donors (Lipinski definition) is 1. The zero-order valence-electron chi connectivity index (χ0n) is 13.4. The first-order valence-corrected chi connectivity index (χ1v) is 8.63. The molecule has 1 atom stereocenters. The maximum Gasteiger partial charge on any atom is 0.145 e. The van der Waals surface area contributed by atoms with Gasteiger partial charge in [-0.15, -0.1) is 0 Å². The molecule has 4 nitrogen and oxygen atoms in total. The Hall–Kier alpha value is -2.04. The molecule has 4 rings (SSSR count). The smallest absolute Gasteiger partial charge is 0.145 e. The number of halogens is 1. The number of rotatable bonds is 5. The SMILES string of the molecule is CCOc1ccccc1-c1cc(Cl)cn2cc(C(O)C3CC3)nc12. The standard InChI is InChI=1S/C19H19ClN2O2/c1-2-24-17-6-4-3-5-14(17)15-9-13(20)10-22-11-16(21-19(15)22)18(23)12-7-8-12/h3-6,9-12,18,23H,2,7-8H2,1H3. The Kier molecular flexibility index (Phi) is 3.94. The third kappa shape index (κ3) is 2.76. The molecule has 1 aromatic carbocycles. The van der Waals surface area contributed by atoms with E-state index < -0.39 is 6.10 Å². The zero-order valence-corrected chi connectivity index (χ0v) is 14.2. The molecule has 0 aliphatic heterocycles. The van der Waals surface area contributed by atoms with Gasteiger partial charge in [0.2, 0.25) is 0 Å². The number of pyridine rings is 1. The molecule has 2 heterocycles. The number of imidazole rings is 1. The van der Waals surface area contributed by atoms with Crippen molar-refractivity contribution >= 4 is 17.2 Å². The molecule has 2 aromatic heterocycles. The second-order valence-electron chi connectivity index (χ2n) is 6.18. The Morgan fingerprint density at radius 3 is 2.83 bits per heavy atom. The van der Waals surface area contributed by atoms with E-state index >= 15 is 0 Å². The first-order chi connectivity index (χ1) is 11.7. The first-order valence-electron chi connectivity index (χ1n) is 8.25. The van der Waals surface area contributed by atoms with Gasteiger partial charge in [0.05, 0.1) is 17.3 Å². The zero-order chi connectivity index (χ0) is 16.7. The summed E-state index contributed by atoms with van der Waals surface area (Å²) in [5.74, 6) is 1.14. The third-order valence-corrected chi connectivity index (χ3v) is 4.59. The minimum Gasteiger partial charge on any atom is -0.493 e. The van der Waals surface area contributed by atoms with E-state index in [9.17, 15) is 5.11 Å². The van der Waals surface area contributed by atoms with Gasteiger partial charge in [-0.2, -0.15) is 0 Å². The highest BCUT2D eigenvalue weighted by atomic mass is 35.5. The maximum atomic E-state index is 10.4. The number of benzene rings is 1. The van der Waals surface area contributed by atoms with Crippen molar-refractivity contribution in [2.75, 3.05) is 6.61 Å². The summed E-state index contributed by atoms with van der Waals surface area (Å²) in [5.41, 5.74) is 3.34. The molecule has 0 saturated heterocycles. The molecule has 1 N–H and O–H groups in total. The van der Waals surface area contributed by atoms with Crippen LogP contribution in [0.1, 0.15) is 31.6 Å². The number of aliphatic hydroxyl groups is 1. The van der Waals surface area contributed by atoms with Crippen molar-refractivity contribution in [2.45, 2.75) is 25.9 Å². The lowest BCUT2D eigenvalue weighted by Gasteiger charge is -2.11. The van der Waals surface area contributed by atoms with Gasteiger partial charge < -0.3 is 14.2 Å². The highest BCUT2D eigenvalue weighted by Crippen LogP contribution is 2.41. The second kappa shape index (κ2) is 6.11. The van der Waals surface area contributed by atoms with Crippen LogP contribution >= 0.6 is 11.6 Å². The van der Waals surface area contributed by atoms with Crippen LogP contribution in [0.25, 0.3) is 16.8 Å². The fourth-order valence-electron chi connectivity index (χ4n) is 3.05. The Morgan fingerprint density at radius 2 is 2.08 bits per heavy atom. The van der Waals surface area contributed by atoms with Crippen LogP contribution in [0.5, 0.6) is 5.75 Å². The molecule has 1 unspecified atom stereocenters. The van der Waals surface area contributed by atoms with Gasteiger partial charge >= 0.3 is 0 Å². The summed E-state index contributed by atoms with van der Waals surface area (Å²) in [7, 11) is 0. The molecule has 5 heteroatoms. The Labute approximate surface area is 145 Å². The molecule has 0 spiro atoms. The number of aromatic nitrogens is 2. The normalized spacial score (nSPS) is 15.6. The van der Waals surface area contributed by atoms with E-state index in [4.69, 9.17) is 21.3 Å². The number of para-hydroxylation sites is 1. The van der Waals surface area contributed by atoms with Gasteiger partial charge in [0, 0.05) is 23.5 Å². The fourth-order valence-corrected chi connectivity index (χ4v) is 3.26. The Bertz CT molecular complexity index is 886. The summed E-state index contributed by atoms with van der Waals surface area (Å²) in [6.07, 6.45) is 5.32. The molecule has 1 saturated carbocycles. The van der Waals surface area contributed by atoms with E-state index in [1.807, 2.05) is 54.0 Å². The van der Waals surface area contributed by atoms with Gasteiger partial charge in [-0.3, -0.25) is 0 Å². The molecule has 1 fully saturated rings. The summed E-state index contributed by atoms with van der Waals surface area (Å²) in [6.45, 7) is 2.55. The van der Waals surface area contributed by atoms with Gasteiger partial charge in [-0.1, -0.05) is 29.8 Å². The van der Waals surface area contributed by atoms with Crippen LogP contribution in [0.2, 0.25) is 5.02 Å². The fraction of sp³-hybridized carbons (Fsp3) is 0.316. The van der Waals surface area contributed by atoms with Gasteiger partial charge in [-0.25, -0.2) is 4.98 Å². The molecular weight excluding hydrogens is 324 g/mol. The molecule has 3 aromatic rings. The van der Waals surface area contributed by atoms with Crippen molar-refractivity contribution in [1.29, 1.82) is 0 Å². The predicted octanol–water partition coefficient (Wildman–Crippen LogP) is 4.50. The van der Waals surface area contributed by atoms with Gasteiger partial charge in [-0.05, 0) is 37.8 Å².